The van der Waals surface area contributed by atoms with Gasteiger partial charge in [0.15, 0.2) is 0 Å². The first-order valence-electron chi connectivity index (χ1n) is 5.82. The smallest absolute Gasteiger partial charge is 0.323 e. The monoisotopic (exact) mass is 260 g/mol. The molecule has 0 bridgehead atoms. The maximum atomic E-state index is 11.8. The van der Waals surface area contributed by atoms with Gasteiger partial charge in [-0.3, -0.25) is 4.79 Å². The van der Waals surface area contributed by atoms with Crippen LogP contribution in [0.1, 0.15) is 12.8 Å². The van der Waals surface area contributed by atoms with E-state index in [0.717, 1.165) is 4.90 Å². The Bertz CT molecular complexity index is 315. The fourth-order valence-corrected chi connectivity index (χ4v) is 1.98. The summed E-state index contributed by atoms with van der Waals surface area (Å²) in [6, 6.07) is -0.419. The summed E-state index contributed by atoms with van der Waals surface area (Å²) in [5, 5.41) is 18.9. The summed E-state index contributed by atoms with van der Waals surface area (Å²) in [5.74, 6) is -1.07. The summed E-state index contributed by atoms with van der Waals surface area (Å²) in [6.45, 7) is 0.775. The summed E-state index contributed by atoms with van der Waals surface area (Å²) in [5.41, 5.74) is -0.938. The second-order valence-electron chi connectivity index (χ2n) is 4.73. The maximum absolute atomic E-state index is 11.8. The minimum atomic E-state index is -1.07. The molecule has 7 nitrogen and oxygen atoms in total. The summed E-state index contributed by atoms with van der Waals surface area (Å²) in [4.78, 5) is 24.8. The van der Waals surface area contributed by atoms with Gasteiger partial charge in [0, 0.05) is 40.2 Å². The highest BCUT2D eigenvalue weighted by Gasteiger charge is 2.33. The molecular weight excluding hydrogens is 240 g/mol. The molecule has 1 saturated heterocycles. The molecular formula is C11H20N2O5. The van der Waals surface area contributed by atoms with Crippen molar-refractivity contribution in [1.82, 2.24) is 9.80 Å². The van der Waals surface area contributed by atoms with Gasteiger partial charge in [0.1, 0.15) is 6.54 Å². The zero-order valence-corrected chi connectivity index (χ0v) is 10.8. The molecule has 0 aliphatic carbocycles. The molecule has 0 atom stereocenters. The number of carbonyl (C=O) groups excluding carboxylic acids is 1. The summed E-state index contributed by atoms with van der Waals surface area (Å²) >= 11 is 0. The van der Waals surface area contributed by atoms with Crippen molar-refractivity contribution in [3.8, 4) is 0 Å². The Balaban J connectivity index is 2.50. The van der Waals surface area contributed by atoms with E-state index in [0.29, 0.717) is 26.1 Å². The lowest BCUT2D eigenvalue weighted by molar-refractivity contribution is -0.137. The van der Waals surface area contributed by atoms with Crippen LogP contribution in [0.4, 0.5) is 4.79 Å². The van der Waals surface area contributed by atoms with Crippen LogP contribution in [0.15, 0.2) is 0 Å². The molecule has 1 rings (SSSR count). The second-order valence-corrected chi connectivity index (χ2v) is 4.73. The van der Waals surface area contributed by atoms with Gasteiger partial charge in [0.05, 0.1) is 12.1 Å². The van der Waals surface area contributed by atoms with Crippen LogP contribution < -0.4 is 0 Å². The van der Waals surface area contributed by atoms with Gasteiger partial charge in [-0.2, -0.15) is 0 Å². The third-order valence-corrected chi connectivity index (χ3v) is 2.98. The number of carboxylic acid groups (broad SMARTS) is 1. The third kappa shape index (κ3) is 4.15. The Hall–Kier alpha value is -1.34. The van der Waals surface area contributed by atoms with E-state index in [1.807, 2.05) is 0 Å². The Kier molecular flexibility index (Phi) is 4.92. The molecule has 0 aromatic heterocycles. The van der Waals surface area contributed by atoms with E-state index in [9.17, 15) is 14.7 Å². The number of aliphatic carboxylic acids is 1. The Labute approximate surface area is 106 Å². The van der Waals surface area contributed by atoms with E-state index in [-0.39, 0.29) is 13.1 Å². The molecule has 2 N–H and O–H groups in total. The molecule has 1 fully saturated rings. The molecule has 104 valence electrons. The van der Waals surface area contributed by atoms with Crippen molar-refractivity contribution < 1.29 is 24.5 Å². The van der Waals surface area contributed by atoms with Gasteiger partial charge in [-0.25, -0.2) is 4.79 Å². The maximum Gasteiger partial charge on any atom is 0.323 e. The third-order valence-electron chi connectivity index (χ3n) is 2.98. The second kappa shape index (κ2) is 6.01. The van der Waals surface area contributed by atoms with Gasteiger partial charge >= 0.3 is 12.0 Å². The van der Waals surface area contributed by atoms with Crippen molar-refractivity contribution in [3.05, 3.63) is 0 Å². The summed E-state index contributed by atoms with van der Waals surface area (Å²) < 4.78 is 5.16. The average Bonchev–Trinajstić information content (AvgIpc) is 2.27. The fraction of sp³-hybridized carbons (Fsp3) is 0.818. The molecule has 18 heavy (non-hydrogen) atoms. The Morgan fingerprint density at radius 2 is 1.78 bits per heavy atom. The normalized spacial score (nSPS) is 18.2. The van der Waals surface area contributed by atoms with Gasteiger partial charge < -0.3 is 24.7 Å². The number of amides is 2. The van der Waals surface area contributed by atoms with Crippen LogP contribution >= 0.6 is 0 Å². The number of hydrogen-bond acceptors (Lipinski definition) is 4. The van der Waals surface area contributed by atoms with Crippen LogP contribution in [-0.2, 0) is 9.53 Å². The molecule has 1 heterocycles. The lowest BCUT2D eigenvalue weighted by Gasteiger charge is -2.36. The highest BCUT2D eigenvalue weighted by molar-refractivity contribution is 5.79. The molecule has 0 aromatic carbocycles. The van der Waals surface area contributed by atoms with E-state index < -0.39 is 17.6 Å². The van der Waals surface area contributed by atoms with Gasteiger partial charge in [-0.1, -0.05) is 0 Å². The Morgan fingerprint density at radius 3 is 2.28 bits per heavy atom. The van der Waals surface area contributed by atoms with Gasteiger partial charge in [-0.15, -0.1) is 0 Å². The molecule has 0 spiro atoms. The first-order valence-corrected chi connectivity index (χ1v) is 5.82. The molecule has 0 radical (unpaired) electrons. The number of likely N-dealkylation sites (N-methyl/N-ethyl adjacent to an activating group) is 2. The van der Waals surface area contributed by atoms with E-state index in [2.05, 4.69) is 0 Å². The van der Waals surface area contributed by atoms with Crippen LogP contribution in [-0.4, -0.2) is 78.0 Å². The topological polar surface area (TPSA) is 90.3 Å². The molecule has 7 heteroatoms. The van der Waals surface area contributed by atoms with Crippen LogP contribution in [0.25, 0.3) is 0 Å². The number of carbonyl (C=O) groups is 2. The van der Waals surface area contributed by atoms with Crippen LogP contribution in [0.2, 0.25) is 0 Å². The number of nitrogens with zero attached hydrogens (tertiary/aromatic N) is 2. The highest BCUT2D eigenvalue weighted by atomic mass is 16.5. The number of ether oxygens (including phenoxy) is 1. The highest BCUT2D eigenvalue weighted by Crippen LogP contribution is 2.21. The van der Waals surface area contributed by atoms with Crippen LogP contribution in [0, 0.1) is 0 Å². The summed E-state index contributed by atoms with van der Waals surface area (Å²) in [6.07, 6.45) is 0.959. The largest absolute Gasteiger partial charge is 0.480 e. The minimum absolute atomic E-state index is 0.180. The van der Waals surface area contributed by atoms with E-state index in [1.165, 1.54) is 11.9 Å². The van der Waals surface area contributed by atoms with Crippen LogP contribution in [0.3, 0.4) is 0 Å². The molecule has 2 amide bonds. The molecule has 1 aliphatic heterocycles. The molecule has 0 unspecified atom stereocenters. The van der Waals surface area contributed by atoms with Crippen molar-refractivity contribution >= 4 is 12.0 Å². The predicted molar refractivity (Wildman–Crippen MR) is 63.3 cm³/mol. The first kappa shape index (κ1) is 14.7. The number of carboxylic acids is 1. The standard InChI is InChI=1S/C11H20N2O5/c1-12(7-9(14)15)10(16)13(2)8-11(17)3-5-18-6-4-11/h17H,3-8H2,1-2H3,(H,14,15). The van der Waals surface area contributed by atoms with E-state index >= 15 is 0 Å². The minimum Gasteiger partial charge on any atom is -0.480 e. The van der Waals surface area contributed by atoms with Crippen LogP contribution in [0.5, 0.6) is 0 Å². The SMILES string of the molecule is CN(CC(=O)O)C(=O)N(C)CC1(O)CCOCC1. The number of rotatable bonds is 4. The van der Waals surface area contributed by atoms with Crippen molar-refractivity contribution in [2.75, 3.05) is 40.4 Å². The van der Waals surface area contributed by atoms with Crippen molar-refractivity contribution in [3.63, 3.8) is 0 Å². The fourth-order valence-electron chi connectivity index (χ4n) is 1.98. The van der Waals surface area contributed by atoms with Crippen molar-refractivity contribution in [1.29, 1.82) is 0 Å². The van der Waals surface area contributed by atoms with Gasteiger partial charge in [0.25, 0.3) is 0 Å². The van der Waals surface area contributed by atoms with Gasteiger partial charge in [0.2, 0.25) is 0 Å². The molecule has 0 aromatic rings. The summed E-state index contributed by atoms with van der Waals surface area (Å²) in [7, 11) is 2.97. The zero-order chi connectivity index (χ0) is 13.8. The molecule has 1 aliphatic rings. The zero-order valence-electron chi connectivity index (χ0n) is 10.8. The predicted octanol–water partition coefficient (Wildman–Crippen LogP) is -0.404. The number of aliphatic hydroxyl groups is 1. The Morgan fingerprint density at radius 1 is 1.22 bits per heavy atom. The lowest BCUT2D eigenvalue weighted by atomic mass is 9.94. The quantitative estimate of drug-likeness (QED) is 0.717. The van der Waals surface area contributed by atoms with E-state index in [4.69, 9.17) is 9.84 Å². The number of hydrogen-bond donors (Lipinski definition) is 2. The first-order chi connectivity index (χ1) is 8.34. The number of urea groups is 1. The lowest BCUT2D eigenvalue weighted by Crippen LogP contribution is -2.50. The van der Waals surface area contributed by atoms with Crippen molar-refractivity contribution in [2.45, 2.75) is 18.4 Å². The van der Waals surface area contributed by atoms with Gasteiger partial charge in [-0.05, 0) is 0 Å². The van der Waals surface area contributed by atoms with Crippen molar-refractivity contribution in [2.24, 2.45) is 0 Å². The average molecular weight is 260 g/mol. The van der Waals surface area contributed by atoms with E-state index in [1.54, 1.807) is 7.05 Å². The molecule has 0 saturated carbocycles.